The van der Waals surface area contributed by atoms with E-state index in [2.05, 4.69) is 0 Å². The molecule has 1 saturated carbocycles. The van der Waals surface area contributed by atoms with Crippen molar-refractivity contribution in [3.63, 3.8) is 0 Å². The Morgan fingerprint density at radius 3 is 2.25 bits per heavy atom. The molecule has 1 aromatic carbocycles. The highest BCUT2D eigenvalue weighted by atomic mass is 16.2. The number of carbonyl (C=O) groups excluding carboxylic acids is 3. The van der Waals surface area contributed by atoms with Gasteiger partial charge in [-0.2, -0.15) is 0 Å². The normalized spacial score (nSPS) is 17.9. The Morgan fingerprint density at radius 1 is 0.929 bits per heavy atom. The van der Waals surface area contributed by atoms with Gasteiger partial charge in [0.15, 0.2) is 0 Å². The topological polar surface area (TPSA) is 81.4 Å². The molecule has 2 aromatic rings. The molecule has 0 unspecified atom stereocenters. The summed E-state index contributed by atoms with van der Waals surface area (Å²) in [7, 11) is 0. The summed E-state index contributed by atoms with van der Waals surface area (Å²) in [4.78, 5) is 50.7. The summed E-state index contributed by atoms with van der Waals surface area (Å²) >= 11 is 0. The van der Waals surface area contributed by atoms with E-state index in [4.69, 9.17) is 0 Å². The number of hydrogen-bond acceptors (Lipinski definition) is 4. The van der Waals surface area contributed by atoms with Gasteiger partial charge in [0.1, 0.15) is 0 Å². The van der Waals surface area contributed by atoms with Crippen molar-refractivity contribution in [3.8, 4) is 0 Å². The number of aromatic nitrogens is 2. The molecule has 1 aliphatic heterocycles. The summed E-state index contributed by atoms with van der Waals surface area (Å²) in [5.41, 5.74) is 0.848. The van der Waals surface area contributed by atoms with Crippen LogP contribution in [0.2, 0.25) is 0 Å². The molecule has 2 aliphatic rings. The molecule has 2 fully saturated rings. The van der Waals surface area contributed by atoms with Crippen LogP contribution in [0, 0.1) is 5.92 Å². The number of likely N-dealkylation sites (tertiary alicyclic amines) is 1. The van der Waals surface area contributed by atoms with Crippen molar-refractivity contribution < 1.29 is 14.4 Å². The second-order valence-corrected chi connectivity index (χ2v) is 7.78. The van der Waals surface area contributed by atoms with E-state index in [1.165, 1.54) is 39.7 Å². The Morgan fingerprint density at radius 2 is 1.57 bits per heavy atom. The number of carbonyl (C=O) groups is 3. The number of fused-ring (bicyclic) bond motifs is 1. The molecule has 0 spiro atoms. The Bertz CT molecular complexity index is 965. The summed E-state index contributed by atoms with van der Waals surface area (Å²) in [5.74, 6) is 0.00391. The number of nitrogens with zero attached hydrogens (tertiary/aromatic N) is 3. The quantitative estimate of drug-likeness (QED) is 0.718. The maximum absolute atomic E-state index is 13.0. The van der Waals surface area contributed by atoms with Crippen molar-refractivity contribution in [2.45, 2.75) is 57.9 Å². The second kappa shape index (κ2) is 7.73. The molecule has 28 heavy (non-hydrogen) atoms. The molecule has 2 amide bonds. The number of hydrogen-bond donors (Lipinski definition) is 0. The monoisotopic (exact) mass is 383 g/mol. The maximum Gasteiger partial charge on any atom is 0.336 e. The summed E-state index contributed by atoms with van der Waals surface area (Å²) in [6.45, 7) is 0.349. The highest BCUT2D eigenvalue weighted by Gasteiger charge is 2.29. The fraction of sp³-hybridized carbons (Fsp3) is 0.524. The smallest absolute Gasteiger partial charge is 0.290 e. The van der Waals surface area contributed by atoms with Crippen molar-refractivity contribution in [1.29, 1.82) is 0 Å². The van der Waals surface area contributed by atoms with Crippen molar-refractivity contribution in [2.75, 3.05) is 6.54 Å². The molecular weight excluding hydrogens is 358 g/mol. The van der Waals surface area contributed by atoms with Crippen LogP contribution in [0.4, 0.5) is 0 Å². The first-order valence-corrected chi connectivity index (χ1v) is 10.1. The van der Waals surface area contributed by atoms with E-state index < -0.39 is 5.69 Å². The van der Waals surface area contributed by atoms with Gasteiger partial charge < -0.3 is 0 Å². The highest BCUT2D eigenvalue weighted by Crippen LogP contribution is 2.28. The molecule has 1 saturated heterocycles. The van der Waals surface area contributed by atoms with Gasteiger partial charge in [-0.15, -0.1) is 0 Å². The van der Waals surface area contributed by atoms with Gasteiger partial charge in [-0.3, -0.25) is 23.9 Å². The molecule has 7 nitrogen and oxygen atoms in total. The van der Waals surface area contributed by atoms with Gasteiger partial charge in [0.25, 0.3) is 0 Å². The molecule has 1 aliphatic carbocycles. The first kappa shape index (κ1) is 18.7. The summed E-state index contributed by atoms with van der Waals surface area (Å²) in [6.07, 6.45) is 6.44. The minimum Gasteiger partial charge on any atom is -0.290 e. The molecule has 1 aromatic heterocycles. The third-order valence-corrected chi connectivity index (χ3v) is 6.03. The second-order valence-electron chi connectivity index (χ2n) is 7.78. The minimum atomic E-state index is -0.392. The van der Waals surface area contributed by atoms with Crippen LogP contribution in [0.15, 0.2) is 29.1 Å². The lowest BCUT2D eigenvalue weighted by atomic mass is 10.0. The minimum absolute atomic E-state index is 0.155. The number of imide groups is 1. The predicted molar refractivity (Wildman–Crippen MR) is 104 cm³/mol. The van der Waals surface area contributed by atoms with Gasteiger partial charge in [-0.25, -0.2) is 9.36 Å². The molecule has 7 heteroatoms. The first-order chi connectivity index (χ1) is 13.6. The fourth-order valence-electron chi connectivity index (χ4n) is 4.48. The maximum atomic E-state index is 13.0. The van der Waals surface area contributed by atoms with Crippen LogP contribution in [-0.2, 0) is 16.1 Å². The molecule has 2 heterocycles. The predicted octanol–water partition coefficient (Wildman–Crippen LogP) is 2.56. The molecule has 0 N–H and O–H groups in total. The SMILES string of the molecule is O=C1CCC(=O)N1CCn1c(=O)n(C(=O)CCC2CCCC2)c2ccccc21. The Balaban J connectivity index is 1.58. The molecule has 0 atom stereocenters. The third-order valence-electron chi connectivity index (χ3n) is 6.03. The van der Waals surface area contributed by atoms with E-state index in [1.807, 2.05) is 6.07 Å². The number of imidazole rings is 1. The lowest BCUT2D eigenvalue weighted by Gasteiger charge is -2.13. The van der Waals surface area contributed by atoms with Crippen molar-refractivity contribution in [1.82, 2.24) is 14.0 Å². The number of amides is 2. The van der Waals surface area contributed by atoms with Gasteiger partial charge in [-0.05, 0) is 24.5 Å². The Hall–Kier alpha value is -2.70. The van der Waals surface area contributed by atoms with Crippen LogP contribution in [0.1, 0.15) is 56.2 Å². The van der Waals surface area contributed by atoms with Crippen LogP contribution in [0.5, 0.6) is 0 Å². The average molecular weight is 383 g/mol. The van der Waals surface area contributed by atoms with Gasteiger partial charge >= 0.3 is 5.69 Å². The largest absolute Gasteiger partial charge is 0.336 e. The van der Waals surface area contributed by atoms with Crippen LogP contribution in [-0.4, -0.2) is 38.3 Å². The van der Waals surface area contributed by atoms with Crippen molar-refractivity contribution >= 4 is 28.8 Å². The molecule has 0 radical (unpaired) electrons. The number of para-hydroxylation sites is 2. The lowest BCUT2D eigenvalue weighted by molar-refractivity contribution is -0.138. The van der Waals surface area contributed by atoms with Crippen molar-refractivity contribution in [2.24, 2.45) is 5.92 Å². The first-order valence-electron chi connectivity index (χ1n) is 10.1. The van der Waals surface area contributed by atoms with E-state index in [0.29, 0.717) is 23.4 Å². The summed E-state index contributed by atoms with van der Waals surface area (Å²) in [6, 6.07) is 7.19. The highest BCUT2D eigenvalue weighted by molar-refractivity contribution is 6.01. The van der Waals surface area contributed by atoms with Gasteiger partial charge in [-0.1, -0.05) is 37.8 Å². The van der Waals surface area contributed by atoms with Crippen molar-refractivity contribution in [3.05, 3.63) is 34.7 Å². The molecule has 0 bridgehead atoms. The zero-order valence-electron chi connectivity index (χ0n) is 15.9. The summed E-state index contributed by atoms with van der Waals surface area (Å²) in [5, 5.41) is 0. The molecular formula is C21H25N3O4. The van der Waals surface area contributed by atoms with Gasteiger partial charge in [0.05, 0.1) is 11.0 Å². The molecule has 148 valence electrons. The van der Waals surface area contributed by atoms with Crippen LogP contribution < -0.4 is 5.69 Å². The Kier molecular flexibility index (Phi) is 5.15. The van der Waals surface area contributed by atoms with Crippen LogP contribution in [0.3, 0.4) is 0 Å². The average Bonchev–Trinajstić information content (AvgIpc) is 3.38. The number of benzene rings is 1. The third kappa shape index (κ3) is 3.41. The zero-order valence-corrected chi connectivity index (χ0v) is 15.9. The summed E-state index contributed by atoms with van der Waals surface area (Å²) < 4.78 is 2.76. The molecule has 4 rings (SSSR count). The van der Waals surface area contributed by atoms with Crippen LogP contribution >= 0.6 is 0 Å². The fourth-order valence-corrected chi connectivity index (χ4v) is 4.48. The van der Waals surface area contributed by atoms with E-state index in [-0.39, 0.29) is 43.7 Å². The van der Waals surface area contributed by atoms with Gasteiger partial charge in [0.2, 0.25) is 17.7 Å². The zero-order chi connectivity index (χ0) is 19.7. The Labute approximate surface area is 162 Å². The standard InChI is InChI=1S/C21H25N3O4/c25-18-11-12-19(26)23(18)14-13-22-16-7-3-4-8-17(16)24(21(22)28)20(27)10-9-15-5-1-2-6-15/h3-4,7-8,15H,1-2,5-6,9-14H2. The van der Waals surface area contributed by atoms with Gasteiger partial charge in [0, 0.05) is 32.4 Å². The van der Waals surface area contributed by atoms with E-state index in [1.54, 1.807) is 18.2 Å². The van der Waals surface area contributed by atoms with E-state index in [9.17, 15) is 19.2 Å². The van der Waals surface area contributed by atoms with E-state index >= 15 is 0 Å². The lowest BCUT2D eigenvalue weighted by Crippen LogP contribution is -2.35. The van der Waals surface area contributed by atoms with E-state index in [0.717, 1.165) is 6.42 Å². The number of rotatable bonds is 6. The van der Waals surface area contributed by atoms with Crippen LogP contribution in [0.25, 0.3) is 11.0 Å².